The van der Waals surface area contributed by atoms with Crippen LogP contribution < -0.4 is 10.2 Å². The molecule has 0 saturated carbocycles. The van der Waals surface area contributed by atoms with Gasteiger partial charge in [0, 0.05) is 24.3 Å². The molecule has 2 aromatic carbocycles. The Balaban J connectivity index is 1.62. The highest BCUT2D eigenvalue weighted by Crippen LogP contribution is 2.35. The highest BCUT2D eigenvalue weighted by Gasteiger charge is 2.37. The van der Waals surface area contributed by atoms with Crippen LogP contribution in [-0.4, -0.2) is 49.0 Å². The van der Waals surface area contributed by atoms with E-state index in [1.165, 1.54) is 7.11 Å². The van der Waals surface area contributed by atoms with Crippen molar-refractivity contribution in [2.24, 2.45) is 0 Å². The van der Waals surface area contributed by atoms with E-state index in [4.69, 9.17) is 4.74 Å². The molecule has 1 N–H and O–H groups in total. The fraction of sp³-hybridized carbons (Fsp3) is 0.375. The summed E-state index contributed by atoms with van der Waals surface area (Å²) in [5.41, 5.74) is 2.79. The van der Waals surface area contributed by atoms with Gasteiger partial charge in [-0.3, -0.25) is 9.59 Å². The fourth-order valence-corrected chi connectivity index (χ4v) is 4.48. The van der Waals surface area contributed by atoms with Gasteiger partial charge in [-0.05, 0) is 62.6 Å². The Bertz CT molecular complexity index is 1020. The molecule has 0 aliphatic carbocycles. The lowest BCUT2D eigenvalue weighted by molar-refractivity contribution is 0.0599. The molecule has 0 aromatic heterocycles. The van der Waals surface area contributed by atoms with Crippen molar-refractivity contribution in [2.75, 3.05) is 30.4 Å². The van der Waals surface area contributed by atoms with Crippen molar-refractivity contribution in [1.82, 2.24) is 4.90 Å². The van der Waals surface area contributed by atoms with Crippen LogP contribution in [0.2, 0.25) is 0 Å². The Kier molecular flexibility index (Phi) is 5.93. The van der Waals surface area contributed by atoms with Gasteiger partial charge in [-0.15, -0.1) is 0 Å². The molecule has 0 spiro atoms. The number of amides is 2. The topological polar surface area (TPSA) is 79.0 Å². The van der Waals surface area contributed by atoms with Gasteiger partial charge in [0.2, 0.25) is 0 Å². The van der Waals surface area contributed by atoms with E-state index in [2.05, 4.69) is 17.1 Å². The van der Waals surface area contributed by atoms with Gasteiger partial charge in [-0.1, -0.05) is 12.5 Å². The first-order chi connectivity index (χ1) is 15.0. The monoisotopic (exact) mass is 421 g/mol. The van der Waals surface area contributed by atoms with Gasteiger partial charge in [0.1, 0.15) is 6.17 Å². The molecule has 0 radical (unpaired) electrons. The van der Waals surface area contributed by atoms with E-state index < -0.39 is 5.97 Å². The molecule has 1 atom stereocenters. The molecule has 1 saturated heterocycles. The third-order valence-corrected chi connectivity index (χ3v) is 6.02. The first-order valence-electron chi connectivity index (χ1n) is 10.7. The van der Waals surface area contributed by atoms with Crippen LogP contribution in [0.1, 0.15) is 63.7 Å². The molecule has 0 unspecified atom stereocenters. The second-order valence-corrected chi connectivity index (χ2v) is 7.87. The van der Waals surface area contributed by atoms with Crippen molar-refractivity contribution in [1.29, 1.82) is 0 Å². The zero-order valence-corrected chi connectivity index (χ0v) is 17.9. The van der Waals surface area contributed by atoms with Gasteiger partial charge < -0.3 is 19.9 Å². The van der Waals surface area contributed by atoms with Crippen LogP contribution in [0.25, 0.3) is 0 Å². The minimum Gasteiger partial charge on any atom is -0.465 e. The third-order valence-electron chi connectivity index (χ3n) is 6.02. The molecule has 2 aliphatic rings. The van der Waals surface area contributed by atoms with Gasteiger partial charge in [0.05, 0.1) is 23.9 Å². The number of rotatable bonds is 4. The number of ether oxygens (including phenoxy) is 1. The van der Waals surface area contributed by atoms with Crippen LogP contribution in [-0.2, 0) is 4.74 Å². The summed E-state index contributed by atoms with van der Waals surface area (Å²) in [7, 11) is 1.32. The number of anilines is 2. The van der Waals surface area contributed by atoms with E-state index in [9.17, 15) is 14.4 Å². The average Bonchev–Trinajstić information content (AvgIpc) is 3.05. The molecule has 7 nitrogen and oxygen atoms in total. The lowest BCUT2D eigenvalue weighted by Crippen LogP contribution is -2.55. The Labute approximate surface area is 182 Å². The quantitative estimate of drug-likeness (QED) is 0.758. The summed E-state index contributed by atoms with van der Waals surface area (Å²) in [6, 6.07) is 11.8. The standard InChI is InChI=1S/C24H27N3O4/c1-3-26-20-15-16(22(28)25-18-9-7-8-17(14-18)24(30)31-2)11-12-19(20)23(29)27-13-6-4-5-10-21(26)27/h7-9,11-12,14-15,21H,3-6,10,13H2,1-2H3,(H,25,28)/t21-/m0/s1. The third kappa shape index (κ3) is 4.00. The molecule has 2 aliphatic heterocycles. The van der Waals surface area contributed by atoms with Crippen LogP contribution >= 0.6 is 0 Å². The van der Waals surface area contributed by atoms with Crippen LogP contribution in [0.15, 0.2) is 42.5 Å². The van der Waals surface area contributed by atoms with Crippen LogP contribution in [0, 0.1) is 0 Å². The molecule has 2 amide bonds. The van der Waals surface area contributed by atoms with E-state index in [-0.39, 0.29) is 18.0 Å². The van der Waals surface area contributed by atoms with Crippen molar-refractivity contribution < 1.29 is 19.1 Å². The Morgan fingerprint density at radius 1 is 1.10 bits per heavy atom. The molecule has 2 heterocycles. The molecule has 162 valence electrons. The van der Waals surface area contributed by atoms with E-state index in [1.54, 1.807) is 42.5 Å². The summed E-state index contributed by atoms with van der Waals surface area (Å²) in [6.45, 7) is 3.61. The van der Waals surface area contributed by atoms with E-state index in [1.807, 2.05) is 4.90 Å². The number of fused-ring (bicyclic) bond motifs is 2. The number of carbonyl (C=O) groups excluding carboxylic acids is 3. The second kappa shape index (κ2) is 8.79. The number of nitrogens with zero attached hydrogens (tertiary/aromatic N) is 2. The van der Waals surface area contributed by atoms with Crippen molar-refractivity contribution >= 4 is 29.2 Å². The van der Waals surface area contributed by atoms with Crippen LogP contribution in [0.3, 0.4) is 0 Å². The number of benzene rings is 2. The smallest absolute Gasteiger partial charge is 0.337 e. The number of hydrogen-bond donors (Lipinski definition) is 1. The van der Waals surface area contributed by atoms with Gasteiger partial charge in [-0.25, -0.2) is 4.79 Å². The molecule has 0 bridgehead atoms. The van der Waals surface area contributed by atoms with Crippen molar-refractivity contribution in [2.45, 2.75) is 38.8 Å². The highest BCUT2D eigenvalue weighted by molar-refractivity contribution is 6.08. The number of nitrogens with one attached hydrogen (secondary N) is 1. The van der Waals surface area contributed by atoms with Gasteiger partial charge in [-0.2, -0.15) is 0 Å². The Morgan fingerprint density at radius 2 is 1.94 bits per heavy atom. The van der Waals surface area contributed by atoms with E-state index >= 15 is 0 Å². The zero-order valence-electron chi connectivity index (χ0n) is 17.9. The fourth-order valence-electron chi connectivity index (χ4n) is 4.48. The summed E-state index contributed by atoms with van der Waals surface area (Å²) in [4.78, 5) is 42.0. The summed E-state index contributed by atoms with van der Waals surface area (Å²) < 4.78 is 4.74. The molecule has 2 aromatic rings. The lowest BCUT2D eigenvalue weighted by atomic mass is 10.0. The first kappa shape index (κ1) is 20.9. The summed E-state index contributed by atoms with van der Waals surface area (Å²) in [6.07, 6.45) is 4.24. The van der Waals surface area contributed by atoms with Gasteiger partial charge in [0.25, 0.3) is 11.8 Å². The zero-order chi connectivity index (χ0) is 22.0. The predicted octanol–water partition coefficient (Wildman–Crippen LogP) is 3.91. The van der Waals surface area contributed by atoms with E-state index in [0.717, 1.165) is 44.5 Å². The van der Waals surface area contributed by atoms with Crippen molar-refractivity contribution in [3.63, 3.8) is 0 Å². The summed E-state index contributed by atoms with van der Waals surface area (Å²) >= 11 is 0. The predicted molar refractivity (Wildman–Crippen MR) is 118 cm³/mol. The van der Waals surface area contributed by atoms with Crippen molar-refractivity contribution in [3.05, 3.63) is 59.2 Å². The summed E-state index contributed by atoms with van der Waals surface area (Å²) in [5, 5.41) is 2.83. The number of hydrogen-bond acceptors (Lipinski definition) is 5. The molecule has 1 fully saturated rings. The van der Waals surface area contributed by atoms with Gasteiger partial charge >= 0.3 is 5.97 Å². The maximum Gasteiger partial charge on any atom is 0.337 e. The second-order valence-electron chi connectivity index (χ2n) is 7.87. The maximum absolute atomic E-state index is 13.1. The lowest BCUT2D eigenvalue weighted by Gasteiger charge is -2.44. The number of carbonyl (C=O) groups is 3. The first-order valence-corrected chi connectivity index (χ1v) is 10.7. The molecule has 31 heavy (non-hydrogen) atoms. The number of esters is 1. The summed E-state index contributed by atoms with van der Waals surface area (Å²) in [5.74, 6) is -0.712. The Hall–Kier alpha value is -3.35. The SMILES string of the molecule is CCN1c2cc(C(=O)Nc3cccc(C(=O)OC)c3)ccc2C(=O)N2CCCCC[C@H]21. The molecular formula is C24H27N3O4. The van der Waals surface area contributed by atoms with E-state index in [0.29, 0.717) is 22.4 Å². The molecular weight excluding hydrogens is 394 g/mol. The highest BCUT2D eigenvalue weighted by atomic mass is 16.5. The van der Waals surface area contributed by atoms with Crippen LogP contribution in [0.5, 0.6) is 0 Å². The largest absolute Gasteiger partial charge is 0.465 e. The molecule has 4 rings (SSSR count). The minimum absolute atomic E-state index is 0.0440. The average molecular weight is 421 g/mol. The van der Waals surface area contributed by atoms with Crippen LogP contribution in [0.4, 0.5) is 11.4 Å². The van der Waals surface area contributed by atoms with Crippen molar-refractivity contribution in [3.8, 4) is 0 Å². The molecule has 7 heteroatoms. The Morgan fingerprint density at radius 3 is 2.71 bits per heavy atom. The maximum atomic E-state index is 13.1. The normalized spacial score (nSPS) is 18.0. The number of methoxy groups -OCH3 is 1. The van der Waals surface area contributed by atoms with Gasteiger partial charge in [0.15, 0.2) is 0 Å². The minimum atomic E-state index is -0.463.